The van der Waals surface area contributed by atoms with Crippen LogP contribution in [0.5, 0.6) is 0 Å². The Morgan fingerprint density at radius 3 is 2.52 bits per heavy atom. The van der Waals surface area contributed by atoms with Crippen LogP contribution in [-0.4, -0.2) is 55.9 Å². The minimum absolute atomic E-state index is 0.00588. The van der Waals surface area contributed by atoms with Crippen molar-refractivity contribution in [3.8, 4) is 0 Å². The van der Waals surface area contributed by atoms with Crippen molar-refractivity contribution in [1.29, 1.82) is 0 Å². The van der Waals surface area contributed by atoms with E-state index in [1.165, 1.54) is 12.1 Å². The number of amides is 1. The van der Waals surface area contributed by atoms with Crippen LogP contribution in [0.2, 0.25) is 0 Å². The molecule has 0 aliphatic carbocycles. The summed E-state index contributed by atoms with van der Waals surface area (Å²) in [5, 5.41) is -0.285. The number of likely N-dealkylation sites (tertiary alicyclic amines) is 1. The second-order valence-electron chi connectivity index (χ2n) is 6.81. The SMILES string of the molecule is CCS(=O)(=O)C1CCN(C2CCCN(c3cccc(F)c3)C2=O)CC1. The lowest BCUT2D eigenvalue weighted by Crippen LogP contribution is -2.55. The fraction of sp³-hybridized carbons (Fsp3) is 0.611. The average molecular weight is 368 g/mol. The van der Waals surface area contributed by atoms with E-state index in [1.807, 2.05) is 0 Å². The molecule has 1 amide bonds. The first kappa shape index (κ1) is 18.3. The number of rotatable bonds is 4. The fourth-order valence-electron chi connectivity index (χ4n) is 3.88. The van der Waals surface area contributed by atoms with Crippen LogP contribution in [-0.2, 0) is 14.6 Å². The van der Waals surface area contributed by atoms with Gasteiger partial charge in [-0.25, -0.2) is 12.8 Å². The van der Waals surface area contributed by atoms with Crippen LogP contribution in [0, 0.1) is 5.82 Å². The zero-order valence-electron chi connectivity index (χ0n) is 14.5. The van der Waals surface area contributed by atoms with Gasteiger partial charge in [0.05, 0.1) is 11.3 Å². The molecule has 0 aromatic heterocycles. The van der Waals surface area contributed by atoms with Crippen LogP contribution >= 0.6 is 0 Å². The Labute approximate surface area is 148 Å². The van der Waals surface area contributed by atoms with Crippen molar-refractivity contribution in [3.05, 3.63) is 30.1 Å². The summed E-state index contributed by atoms with van der Waals surface area (Å²) in [4.78, 5) is 16.7. The summed E-state index contributed by atoms with van der Waals surface area (Å²) in [5.74, 6) is -0.181. The number of hydrogen-bond donors (Lipinski definition) is 0. The number of sulfone groups is 1. The first-order chi connectivity index (χ1) is 11.9. The lowest BCUT2D eigenvalue weighted by Gasteiger charge is -2.41. The van der Waals surface area contributed by atoms with Gasteiger partial charge in [-0.05, 0) is 43.9 Å². The molecule has 0 saturated carbocycles. The van der Waals surface area contributed by atoms with E-state index in [1.54, 1.807) is 24.0 Å². The van der Waals surface area contributed by atoms with Crippen LogP contribution in [0.1, 0.15) is 32.6 Å². The molecule has 2 fully saturated rings. The zero-order chi connectivity index (χ0) is 18.0. The van der Waals surface area contributed by atoms with Gasteiger partial charge < -0.3 is 4.90 Å². The van der Waals surface area contributed by atoms with Gasteiger partial charge in [-0.1, -0.05) is 13.0 Å². The van der Waals surface area contributed by atoms with Gasteiger partial charge in [0.15, 0.2) is 9.84 Å². The van der Waals surface area contributed by atoms with E-state index in [2.05, 4.69) is 4.90 Å². The summed E-state index contributed by atoms with van der Waals surface area (Å²) in [5.41, 5.74) is 0.596. The van der Waals surface area contributed by atoms with Crippen LogP contribution in [0.25, 0.3) is 0 Å². The molecule has 138 valence electrons. The van der Waals surface area contributed by atoms with Gasteiger partial charge in [-0.15, -0.1) is 0 Å². The van der Waals surface area contributed by atoms with Gasteiger partial charge in [0.2, 0.25) is 5.91 Å². The van der Waals surface area contributed by atoms with Crippen molar-refractivity contribution in [2.24, 2.45) is 0 Å². The number of hydrogen-bond acceptors (Lipinski definition) is 4. The van der Waals surface area contributed by atoms with E-state index in [9.17, 15) is 17.6 Å². The third-order valence-electron chi connectivity index (χ3n) is 5.36. The number of carbonyl (C=O) groups excluding carboxylic acids is 1. The van der Waals surface area contributed by atoms with Crippen molar-refractivity contribution >= 4 is 21.4 Å². The highest BCUT2D eigenvalue weighted by Gasteiger charge is 2.37. The molecule has 1 aromatic carbocycles. The predicted octanol–water partition coefficient (Wildman–Crippen LogP) is 2.22. The highest BCUT2D eigenvalue weighted by molar-refractivity contribution is 7.92. The van der Waals surface area contributed by atoms with Crippen LogP contribution in [0.3, 0.4) is 0 Å². The zero-order valence-corrected chi connectivity index (χ0v) is 15.3. The third-order valence-corrected chi connectivity index (χ3v) is 7.65. The Balaban J connectivity index is 1.68. The Morgan fingerprint density at radius 2 is 1.88 bits per heavy atom. The molecule has 7 heteroatoms. The van der Waals surface area contributed by atoms with Crippen molar-refractivity contribution in [1.82, 2.24) is 4.90 Å². The summed E-state index contributed by atoms with van der Waals surface area (Å²) in [6, 6.07) is 5.89. The van der Waals surface area contributed by atoms with Crippen molar-refractivity contribution in [3.63, 3.8) is 0 Å². The highest BCUT2D eigenvalue weighted by atomic mass is 32.2. The lowest BCUT2D eigenvalue weighted by atomic mass is 9.99. The van der Waals surface area contributed by atoms with Gasteiger partial charge in [0.25, 0.3) is 0 Å². The second-order valence-corrected chi connectivity index (χ2v) is 9.38. The number of nitrogens with zero attached hydrogens (tertiary/aromatic N) is 2. The number of carbonyl (C=O) groups is 1. The number of benzene rings is 1. The van der Waals surface area contributed by atoms with E-state index in [0.29, 0.717) is 38.2 Å². The molecular formula is C18H25FN2O3S. The summed E-state index contributed by atoms with van der Waals surface area (Å²) in [6.07, 6.45) is 2.80. The van der Waals surface area contributed by atoms with Crippen molar-refractivity contribution in [2.75, 3.05) is 30.3 Å². The molecule has 0 spiro atoms. The molecule has 2 saturated heterocycles. The third kappa shape index (κ3) is 3.87. The minimum Gasteiger partial charge on any atom is -0.311 e. The molecule has 2 heterocycles. The van der Waals surface area contributed by atoms with Crippen LogP contribution < -0.4 is 4.90 Å². The topological polar surface area (TPSA) is 57.7 Å². The van der Waals surface area contributed by atoms with Gasteiger partial charge in [0.1, 0.15) is 5.82 Å². The molecule has 1 aromatic rings. The largest absolute Gasteiger partial charge is 0.311 e. The summed E-state index contributed by atoms with van der Waals surface area (Å²) >= 11 is 0. The van der Waals surface area contributed by atoms with E-state index in [-0.39, 0.29) is 28.8 Å². The van der Waals surface area contributed by atoms with Crippen molar-refractivity contribution < 1.29 is 17.6 Å². The van der Waals surface area contributed by atoms with E-state index >= 15 is 0 Å². The molecule has 1 atom stereocenters. The molecule has 2 aliphatic heterocycles. The van der Waals surface area contributed by atoms with Gasteiger partial charge in [-0.2, -0.15) is 0 Å². The number of anilines is 1. The molecule has 0 N–H and O–H groups in total. The van der Waals surface area contributed by atoms with E-state index in [0.717, 1.165) is 12.8 Å². The Bertz CT molecular complexity index is 730. The fourth-order valence-corrected chi connectivity index (χ4v) is 5.28. The summed E-state index contributed by atoms with van der Waals surface area (Å²) in [7, 11) is -3.01. The standard InChI is InChI=1S/C18H25FN2O3S/c1-2-25(23,24)16-8-11-20(12-9-16)17-7-4-10-21(18(17)22)15-6-3-5-14(19)13-15/h3,5-6,13,16-17H,2,4,7-12H2,1H3. The molecule has 2 aliphatic rings. The van der Waals surface area contributed by atoms with Gasteiger partial charge in [0, 0.05) is 31.1 Å². The minimum atomic E-state index is -3.01. The molecule has 0 radical (unpaired) electrons. The Kier molecular flexibility index (Phi) is 5.43. The molecular weight excluding hydrogens is 343 g/mol. The average Bonchev–Trinajstić information content (AvgIpc) is 2.62. The number of halogens is 1. The first-order valence-electron chi connectivity index (χ1n) is 8.95. The maximum absolute atomic E-state index is 13.5. The van der Waals surface area contributed by atoms with Crippen LogP contribution in [0.4, 0.5) is 10.1 Å². The summed E-state index contributed by atoms with van der Waals surface area (Å²) in [6.45, 7) is 3.53. The Hall–Kier alpha value is -1.47. The van der Waals surface area contributed by atoms with Gasteiger partial charge >= 0.3 is 0 Å². The smallest absolute Gasteiger partial charge is 0.244 e. The van der Waals surface area contributed by atoms with Crippen LogP contribution in [0.15, 0.2) is 24.3 Å². The monoisotopic (exact) mass is 368 g/mol. The lowest BCUT2D eigenvalue weighted by molar-refractivity contribution is -0.125. The second kappa shape index (κ2) is 7.41. The first-order valence-corrected chi connectivity index (χ1v) is 10.7. The maximum Gasteiger partial charge on any atom is 0.244 e. The highest BCUT2D eigenvalue weighted by Crippen LogP contribution is 2.27. The van der Waals surface area contributed by atoms with E-state index in [4.69, 9.17) is 0 Å². The van der Waals surface area contributed by atoms with E-state index < -0.39 is 9.84 Å². The molecule has 25 heavy (non-hydrogen) atoms. The number of piperidine rings is 2. The van der Waals surface area contributed by atoms with Gasteiger partial charge in [-0.3, -0.25) is 9.69 Å². The molecule has 0 bridgehead atoms. The normalized spacial score (nSPS) is 23.8. The molecule has 3 rings (SSSR count). The quantitative estimate of drug-likeness (QED) is 0.818. The predicted molar refractivity (Wildman–Crippen MR) is 95.8 cm³/mol. The summed E-state index contributed by atoms with van der Waals surface area (Å²) < 4.78 is 37.6. The van der Waals surface area contributed by atoms with Crippen molar-refractivity contribution in [2.45, 2.75) is 43.9 Å². The Morgan fingerprint density at radius 1 is 1.16 bits per heavy atom. The molecule has 1 unspecified atom stereocenters. The molecule has 5 nitrogen and oxygen atoms in total. The maximum atomic E-state index is 13.5.